The summed E-state index contributed by atoms with van der Waals surface area (Å²) in [6.45, 7) is 0.0513. The average molecular weight is 291 g/mol. The van der Waals surface area contributed by atoms with Gasteiger partial charge in [0.1, 0.15) is 5.82 Å². The van der Waals surface area contributed by atoms with E-state index < -0.39 is 17.7 Å². The first-order valence-corrected chi connectivity index (χ1v) is 7.34. The molecule has 1 aromatic rings. The predicted molar refractivity (Wildman–Crippen MR) is 74.1 cm³/mol. The Labute approximate surface area is 122 Å². The Balaban J connectivity index is 1.59. The third-order valence-electron chi connectivity index (χ3n) is 4.76. The fraction of sp³-hybridized carbons (Fsp3) is 0.500. The van der Waals surface area contributed by atoms with Gasteiger partial charge < -0.3 is 10.4 Å². The Morgan fingerprint density at radius 1 is 1.24 bits per heavy atom. The van der Waals surface area contributed by atoms with Gasteiger partial charge in [-0.3, -0.25) is 9.59 Å². The highest BCUT2D eigenvalue weighted by atomic mass is 19.1. The number of carboxylic acids is 1. The van der Waals surface area contributed by atoms with Crippen molar-refractivity contribution in [3.63, 3.8) is 0 Å². The number of amides is 1. The Morgan fingerprint density at radius 2 is 1.86 bits per heavy atom. The van der Waals surface area contributed by atoms with Crippen molar-refractivity contribution < 1.29 is 19.1 Å². The van der Waals surface area contributed by atoms with Gasteiger partial charge in [-0.25, -0.2) is 4.39 Å². The summed E-state index contributed by atoms with van der Waals surface area (Å²) < 4.78 is 12.9. The van der Waals surface area contributed by atoms with E-state index in [9.17, 15) is 19.1 Å². The number of nitrogens with one attached hydrogen (secondary N) is 1. The lowest BCUT2D eigenvalue weighted by atomic mass is 9.99. The van der Waals surface area contributed by atoms with Crippen LogP contribution in [0.5, 0.6) is 0 Å². The van der Waals surface area contributed by atoms with Crippen LogP contribution in [0.2, 0.25) is 0 Å². The molecule has 0 aromatic heterocycles. The molecule has 3 atom stereocenters. The second-order valence-corrected chi connectivity index (χ2v) is 5.97. The number of rotatable bonds is 5. The maximum Gasteiger partial charge on any atom is 0.312 e. The minimum atomic E-state index is -1.02. The minimum Gasteiger partial charge on any atom is -0.481 e. The molecule has 0 radical (unpaired) electrons. The summed E-state index contributed by atoms with van der Waals surface area (Å²) >= 11 is 0. The zero-order valence-electron chi connectivity index (χ0n) is 11.6. The second kappa shape index (κ2) is 5.47. The predicted octanol–water partition coefficient (Wildman–Crippen LogP) is 2.16. The molecular weight excluding hydrogens is 273 g/mol. The summed E-state index contributed by atoms with van der Waals surface area (Å²) in [6, 6.07) is 5.37. The van der Waals surface area contributed by atoms with Gasteiger partial charge in [-0.2, -0.15) is 0 Å². The molecule has 0 saturated heterocycles. The second-order valence-electron chi connectivity index (χ2n) is 5.97. The van der Waals surface area contributed by atoms with Gasteiger partial charge >= 0.3 is 5.97 Å². The number of aliphatic carboxylic acids is 1. The number of benzene rings is 1. The first-order chi connectivity index (χ1) is 10.1. The van der Waals surface area contributed by atoms with Crippen LogP contribution >= 0.6 is 0 Å². The number of hydrogen-bond donors (Lipinski definition) is 2. The van der Waals surface area contributed by atoms with Gasteiger partial charge in [-0.15, -0.1) is 0 Å². The molecule has 1 aromatic carbocycles. The van der Waals surface area contributed by atoms with Gasteiger partial charge in [-0.1, -0.05) is 18.6 Å². The van der Waals surface area contributed by atoms with E-state index in [4.69, 9.17) is 0 Å². The number of carboxylic acid groups (broad SMARTS) is 1. The highest BCUT2D eigenvalue weighted by Crippen LogP contribution is 2.57. The van der Waals surface area contributed by atoms with Crippen molar-refractivity contribution in [2.24, 2.45) is 17.8 Å². The van der Waals surface area contributed by atoms with E-state index >= 15 is 0 Å². The first-order valence-electron chi connectivity index (χ1n) is 7.34. The molecule has 2 aliphatic carbocycles. The maximum absolute atomic E-state index is 12.9. The Bertz CT molecular complexity index is 547. The Kier molecular flexibility index (Phi) is 3.66. The fourth-order valence-corrected chi connectivity index (χ4v) is 3.57. The third kappa shape index (κ3) is 2.77. The molecule has 1 amide bonds. The van der Waals surface area contributed by atoms with Crippen molar-refractivity contribution in [2.75, 3.05) is 6.54 Å². The summed E-state index contributed by atoms with van der Waals surface area (Å²) in [5, 5.41) is 12.0. The topological polar surface area (TPSA) is 66.4 Å². The van der Waals surface area contributed by atoms with Crippen LogP contribution in [0.3, 0.4) is 0 Å². The normalized spacial score (nSPS) is 27.8. The quantitative estimate of drug-likeness (QED) is 0.873. The maximum atomic E-state index is 12.9. The van der Waals surface area contributed by atoms with E-state index in [2.05, 4.69) is 5.32 Å². The van der Waals surface area contributed by atoms with Gasteiger partial charge in [-0.05, 0) is 42.4 Å². The lowest BCUT2D eigenvalue weighted by molar-refractivity contribution is -0.138. The Morgan fingerprint density at radius 3 is 2.43 bits per heavy atom. The largest absolute Gasteiger partial charge is 0.481 e. The van der Waals surface area contributed by atoms with Crippen LogP contribution in [-0.2, 0) is 9.59 Å². The van der Waals surface area contributed by atoms with E-state index in [1.165, 1.54) is 30.7 Å². The zero-order valence-corrected chi connectivity index (χ0v) is 11.6. The van der Waals surface area contributed by atoms with Crippen molar-refractivity contribution in [2.45, 2.75) is 25.2 Å². The lowest BCUT2D eigenvalue weighted by Gasteiger charge is -2.14. The number of carbonyl (C=O) groups is 2. The van der Waals surface area contributed by atoms with Gasteiger partial charge in [0.05, 0.1) is 5.92 Å². The molecule has 2 aliphatic rings. The minimum absolute atomic E-state index is 0.0296. The molecule has 0 aliphatic heterocycles. The van der Waals surface area contributed by atoms with Gasteiger partial charge in [0.25, 0.3) is 0 Å². The van der Waals surface area contributed by atoms with Crippen LogP contribution in [0.25, 0.3) is 0 Å². The van der Waals surface area contributed by atoms with Crippen LogP contribution in [0.1, 0.15) is 30.7 Å². The average Bonchev–Trinajstić information content (AvgIpc) is 2.94. The molecule has 5 heteroatoms. The molecule has 2 saturated carbocycles. The van der Waals surface area contributed by atoms with Gasteiger partial charge in [0.15, 0.2) is 0 Å². The van der Waals surface area contributed by atoms with Crippen molar-refractivity contribution in [1.82, 2.24) is 5.32 Å². The standard InChI is InChI=1S/C16H18FNO3/c17-10-6-4-9(5-7-10)13(16(20)21)8-18-15(19)14-11-2-1-3-12(11)14/h4-7,11-14H,1-3,8H2,(H,18,19)(H,20,21). The number of hydrogen-bond acceptors (Lipinski definition) is 2. The fourth-order valence-electron chi connectivity index (χ4n) is 3.57. The van der Waals surface area contributed by atoms with Crippen LogP contribution < -0.4 is 5.32 Å². The molecule has 3 unspecified atom stereocenters. The third-order valence-corrected chi connectivity index (χ3v) is 4.76. The van der Waals surface area contributed by atoms with Crippen LogP contribution in [0.4, 0.5) is 4.39 Å². The number of fused-ring (bicyclic) bond motifs is 1. The molecule has 2 N–H and O–H groups in total. The highest BCUT2D eigenvalue weighted by Gasteiger charge is 2.56. The van der Waals surface area contributed by atoms with Crippen LogP contribution in [-0.4, -0.2) is 23.5 Å². The summed E-state index contributed by atoms with van der Waals surface area (Å²) in [7, 11) is 0. The van der Waals surface area contributed by atoms with Crippen molar-refractivity contribution in [3.8, 4) is 0 Å². The lowest BCUT2D eigenvalue weighted by Crippen LogP contribution is -2.33. The van der Waals surface area contributed by atoms with Crippen molar-refractivity contribution >= 4 is 11.9 Å². The molecular formula is C16H18FNO3. The highest BCUT2D eigenvalue weighted by molar-refractivity contribution is 5.84. The summed E-state index contributed by atoms with van der Waals surface area (Å²) in [5.74, 6) is -1.18. The molecule has 0 heterocycles. The monoisotopic (exact) mass is 291 g/mol. The zero-order chi connectivity index (χ0) is 15.0. The Hall–Kier alpha value is -1.91. The number of halogens is 1. The first kappa shape index (κ1) is 14.0. The van der Waals surface area contributed by atoms with Crippen molar-refractivity contribution in [1.29, 1.82) is 0 Å². The number of carbonyl (C=O) groups excluding carboxylic acids is 1. The van der Waals surface area contributed by atoms with Crippen LogP contribution in [0, 0.1) is 23.6 Å². The molecule has 112 valence electrons. The summed E-state index contributed by atoms with van der Waals surface area (Å²) in [6.07, 6.45) is 3.43. The molecule has 0 spiro atoms. The van der Waals surface area contributed by atoms with Gasteiger partial charge in [0, 0.05) is 12.5 Å². The SMILES string of the molecule is O=C(O)C(CNC(=O)C1C2CCCC21)c1ccc(F)cc1. The van der Waals surface area contributed by atoms with E-state index in [0.29, 0.717) is 17.4 Å². The molecule has 2 fully saturated rings. The van der Waals surface area contributed by atoms with Crippen molar-refractivity contribution in [3.05, 3.63) is 35.6 Å². The summed E-state index contributed by atoms with van der Waals surface area (Å²) in [4.78, 5) is 23.4. The van der Waals surface area contributed by atoms with E-state index in [1.807, 2.05) is 0 Å². The van der Waals surface area contributed by atoms with E-state index in [0.717, 1.165) is 12.8 Å². The molecule has 0 bridgehead atoms. The molecule has 3 rings (SSSR count). The molecule has 4 nitrogen and oxygen atoms in total. The molecule has 21 heavy (non-hydrogen) atoms. The smallest absolute Gasteiger partial charge is 0.312 e. The van der Waals surface area contributed by atoms with Crippen LogP contribution in [0.15, 0.2) is 24.3 Å². The summed E-state index contributed by atoms with van der Waals surface area (Å²) in [5.41, 5.74) is 0.500. The van der Waals surface area contributed by atoms with E-state index in [-0.39, 0.29) is 18.4 Å². The van der Waals surface area contributed by atoms with E-state index in [1.54, 1.807) is 0 Å². The van der Waals surface area contributed by atoms with Gasteiger partial charge in [0.2, 0.25) is 5.91 Å².